The van der Waals surface area contributed by atoms with E-state index in [-0.39, 0.29) is 30.2 Å². The molecule has 21 heavy (non-hydrogen) atoms. The van der Waals surface area contributed by atoms with E-state index in [4.69, 9.17) is 0 Å². The van der Waals surface area contributed by atoms with E-state index in [1.165, 1.54) is 6.07 Å². The number of carbonyl (C=O) groups excluding carboxylic acids is 1. The highest BCUT2D eigenvalue weighted by Gasteiger charge is 2.15. The minimum Gasteiger partial charge on any atom is -0.299 e. The van der Waals surface area contributed by atoms with Gasteiger partial charge in [0.25, 0.3) is 0 Å². The van der Waals surface area contributed by atoms with Crippen molar-refractivity contribution < 1.29 is 13.6 Å². The molecule has 0 aliphatic carbocycles. The summed E-state index contributed by atoms with van der Waals surface area (Å²) in [4.78, 5) is 12.0. The summed E-state index contributed by atoms with van der Waals surface area (Å²) < 4.78 is 28.8. The Morgan fingerprint density at radius 2 is 1.90 bits per heavy atom. The van der Waals surface area contributed by atoms with Gasteiger partial charge in [0.1, 0.15) is 17.4 Å². The molecule has 0 saturated carbocycles. The molecule has 1 aromatic carbocycles. The number of Topliss-reactive ketones (excluding diaryl/α,β-unsaturated/α-hetero) is 1. The van der Waals surface area contributed by atoms with Crippen molar-refractivity contribution in [3.63, 3.8) is 0 Å². The lowest BCUT2D eigenvalue weighted by atomic mass is 10.0. The third-order valence-electron chi connectivity index (χ3n) is 3.52. The van der Waals surface area contributed by atoms with Crippen LogP contribution in [-0.4, -0.2) is 15.6 Å². The normalized spacial score (nSPS) is 12.4. The van der Waals surface area contributed by atoms with Crippen molar-refractivity contribution in [2.24, 2.45) is 0 Å². The molecule has 1 atom stereocenters. The van der Waals surface area contributed by atoms with Crippen molar-refractivity contribution >= 4 is 5.78 Å². The monoisotopic (exact) mass is 292 g/mol. The van der Waals surface area contributed by atoms with Crippen molar-refractivity contribution in [1.82, 2.24) is 9.78 Å². The van der Waals surface area contributed by atoms with Crippen molar-refractivity contribution in [2.45, 2.75) is 39.2 Å². The Kier molecular flexibility index (Phi) is 4.83. The quantitative estimate of drug-likeness (QED) is 0.817. The molecular formula is C16H18F2N2O. The molecule has 0 N–H and O–H groups in total. The van der Waals surface area contributed by atoms with Crippen LogP contribution in [0, 0.1) is 11.6 Å². The first-order valence-electron chi connectivity index (χ1n) is 7.00. The van der Waals surface area contributed by atoms with Gasteiger partial charge < -0.3 is 0 Å². The van der Waals surface area contributed by atoms with Gasteiger partial charge in [0.05, 0.1) is 12.1 Å². The van der Waals surface area contributed by atoms with Gasteiger partial charge >= 0.3 is 0 Å². The Morgan fingerprint density at radius 1 is 1.24 bits per heavy atom. The van der Waals surface area contributed by atoms with Crippen LogP contribution in [0.1, 0.15) is 37.6 Å². The molecule has 0 amide bonds. The molecule has 1 unspecified atom stereocenters. The van der Waals surface area contributed by atoms with Crippen molar-refractivity contribution in [1.29, 1.82) is 0 Å². The molecule has 0 spiro atoms. The van der Waals surface area contributed by atoms with E-state index in [0.29, 0.717) is 5.69 Å². The van der Waals surface area contributed by atoms with Gasteiger partial charge in [-0.3, -0.25) is 9.48 Å². The van der Waals surface area contributed by atoms with Gasteiger partial charge in [0.15, 0.2) is 0 Å². The van der Waals surface area contributed by atoms with Gasteiger partial charge in [-0.2, -0.15) is 5.10 Å². The van der Waals surface area contributed by atoms with Crippen LogP contribution in [0.25, 0.3) is 0 Å². The van der Waals surface area contributed by atoms with E-state index in [2.05, 4.69) is 12.0 Å². The van der Waals surface area contributed by atoms with Crippen molar-refractivity contribution in [3.8, 4) is 0 Å². The molecule has 0 saturated heterocycles. The molecule has 0 aliphatic rings. The summed E-state index contributed by atoms with van der Waals surface area (Å²) in [5.41, 5.74) is 0.445. The number of benzene rings is 1. The summed E-state index contributed by atoms with van der Waals surface area (Å²) in [6.45, 7) is 4.09. The molecule has 0 radical (unpaired) electrons. The lowest BCUT2D eigenvalue weighted by Crippen LogP contribution is -2.11. The summed E-state index contributed by atoms with van der Waals surface area (Å²) in [6, 6.07) is 5.62. The number of hydrogen-bond acceptors (Lipinski definition) is 2. The first kappa shape index (κ1) is 15.4. The predicted octanol–water partition coefficient (Wildman–Crippen LogP) is 3.49. The summed E-state index contributed by atoms with van der Waals surface area (Å²) >= 11 is 0. The van der Waals surface area contributed by atoms with Gasteiger partial charge in [-0.25, -0.2) is 8.78 Å². The van der Waals surface area contributed by atoms with Crippen molar-refractivity contribution in [2.75, 3.05) is 0 Å². The number of aromatic nitrogens is 2. The first-order chi connectivity index (χ1) is 10.0. The Bertz CT molecular complexity index is 617. The second kappa shape index (κ2) is 6.61. The zero-order valence-electron chi connectivity index (χ0n) is 12.1. The molecule has 112 valence electrons. The van der Waals surface area contributed by atoms with Gasteiger partial charge in [-0.1, -0.05) is 13.0 Å². The molecule has 1 heterocycles. The summed E-state index contributed by atoms with van der Waals surface area (Å²) in [6.07, 6.45) is 2.59. The second-order valence-electron chi connectivity index (χ2n) is 5.14. The zero-order chi connectivity index (χ0) is 15.4. The highest BCUT2D eigenvalue weighted by Crippen LogP contribution is 2.14. The Balaban J connectivity index is 2.03. The minimum absolute atomic E-state index is 0.0806. The fourth-order valence-corrected chi connectivity index (χ4v) is 2.07. The van der Waals surface area contributed by atoms with Crippen LogP contribution in [0.2, 0.25) is 0 Å². The summed E-state index contributed by atoms with van der Waals surface area (Å²) in [5.74, 6) is -1.63. The summed E-state index contributed by atoms with van der Waals surface area (Å²) in [7, 11) is 0. The largest absolute Gasteiger partial charge is 0.299 e. The van der Waals surface area contributed by atoms with E-state index in [9.17, 15) is 13.6 Å². The Hall–Kier alpha value is -2.04. The Morgan fingerprint density at radius 3 is 2.52 bits per heavy atom. The average molecular weight is 292 g/mol. The van der Waals surface area contributed by atoms with Gasteiger partial charge in [-0.15, -0.1) is 0 Å². The minimum atomic E-state index is -0.687. The maximum Gasteiger partial charge on any atom is 0.143 e. The van der Waals surface area contributed by atoms with E-state index in [1.807, 2.05) is 13.1 Å². The maximum absolute atomic E-state index is 13.5. The molecular weight excluding hydrogens is 274 g/mol. The van der Waals surface area contributed by atoms with E-state index >= 15 is 0 Å². The molecule has 1 aromatic heterocycles. The van der Waals surface area contributed by atoms with Crippen LogP contribution >= 0.6 is 0 Å². The van der Waals surface area contributed by atoms with Crippen LogP contribution in [0.5, 0.6) is 0 Å². The van der Waals surface area contributed by atoms with Gasteiger partial charge in [0, 0.05) is 24.2 Å². The van der Waals surface area contributed by atoms with Crippen molar-refractivity contribution in [3.05, 3.63) is 53.4 Å². The molecule has 5 heteroatoms. The standard InChI is InChI=1S/C16H18F2N2O/c1-3-11(2)20-8-7-12(19-20)9-13(21)10-14-15(17)5-4-6-16(14)18/h4-8,11H,3,9-10H2,1-2H3. The first-order valence-corrected chi connectivity index (χ1v) is 7.00. The summed E-state index contributed by atoms with van der Waals surface area (Å²) in [5, 5.41) is 4.32. The number of nitrogens with zero attached hydrogens (tertiary/aromatic N) is 2. The molecule has 0 bridgehead atoms. The van der Waals surface area contributed by atoms with Crippen LogP contribution in [0.4, 0.5) is 8.78 Å². The fourth-order valence-electron chi connectivity index (χ4n) is 2.07. The highest BCUT2D eigenvalue weighted by atomic mass is 19.1. The number of hydrogen-bond donors (Lipinski definition) is 0. The number of ketones is 1. The van der Waals surface area contributed by atoms with E-state index in [0.717, 1.165) is 18.6 Å². The van der Waals surface area contributed by atoms with E-state index in [1.54, 1.807) is 10.7 Å². The highest BCUT2D eigenvalue weighted by molar-refractivity contribution is 5.82. The predicted molar refractivity (Wildman–Crippen MR) is 76.0 cm³/mol. The lowest BCUT2D eigenvalue weighted by Gasteiger charge is -2.08. The molecule has 2 aromatic rings. The average Bonchev–Trinajstić information content (AvgIpc) is 2.90. The van der Waals surface area contributed by atoms with Crippen LogP contribution in [-0.2, 0) is 17.6 Å². The topological polar surface area (TPSA) is 34.9 Å². The maximum atomic E-state index is 13.5. The van der Waals surface area contributed by atoms with Gasteiger partial charge in [0.2, 0.25) is 0 Å². The molecule has 0 aliphatic heterocycles. The third kappa shape index (κ3) is 3.74. The lowest BCUT2D eigenvalue weighted by molar-refractivity contribution is -0.117. The number of carbonyl (C=O) groups is 1. The number of rotatable bonds is 6. The van der Waals surface area contributed by atoms with E-state index < -0.39 is 11.6 Å². The van der Waals surface area contributed by atoms with Crippen LogP contribution in [0.15, 0.2) is 30.5 Å². The number of halogens is 2. The van der Waals surface area contributed by atoms with Crippen LogP contribution < -0.4 is 0 Å². The molecule has 0 fully saturated rings. The SMILES string of the molecule is CCC(C)n1ccc(CC(=O)Cc2c(F)cccc2F)n1. The van der Waals surface area contributed by atoms with Gasteiger partial charge in [-0.05, 0) is 31.5 Å². The molecule has 2 rings (SSSR count). The molecule has 3 nitrogen and oxygen atoms in total. The Labute approximate surface area is 122 Å². The fraction of sp³-hybridized carbons (Fsp3) is 0.375. The second-order valence-corrected chi connectivity index (χ2v) is 5.14. The van der Waals surface area contributed by atoms with Crippen LogP contribution in [0.3, 0.4) is 0 Å². The smallest absolute Gasteiger partial charge is 0.143 e. The third-order valence-corrected chi connectivity index (χ3v) is 3.52. The zero-order valence-corrected chi connectivity index (χ0v) is 12.1.